The largest absolute Gasteiger partial charge is 0.453 e. The lowest BCUT2D eigenvalue weighted by molar-refractivity contribution is -0.331. The van der Waals surface area contributed by atoms with Crippen LogP contribution in [0.5, 0.6) is 0 Å². The van der Waals surface area contributed by atoms with E-state index in [1.165, 1.54) is 12.1 Å². The second-order valence-electron chi connectivity index (χ2n) is 7.15. The van der Waals surface area contributed by atoms with Crippen molar-refractivity contribution in [1.82, 2.24) is 0 Å². The van der Waals surface area contributed by atoms with Gasteiger partial charge in [-0.05, 0) is 12.1 Å². The molecule has 0 spiro atoms. The third-order valence-corrected chi connectivity index (χ3v) is 5.15. The summed E-state index contributed by atoms with van der Waals surface area (Å²) in [5.74, 6) is -0.807. The van der Waals surface area contributed by atoms with Crippen molar-refractivity contribution in [3.05, 3.63) is 35.9 Å². The van der Waals surface area contributed by atoms with Crippen molar-refractivity contribution < 1.29 is 54.4 Å². The van der Waals surface area contributed by atoms with Gasteiger partial charge in [0.2, 0.25) is 0 Å². The second kappa shape index (κ2) is 10.1. The van der Waals surface area contributed by atoms with E-state index in [1.54, 1.807) is 18.2 Å². The van der Waals surface area contributed by atoms with E-state index in [4.69, 9.17) is 24.1 Å². The van der Waals surface area contributed by atoms with Crippen molar-refractivity contribution in [3.63, 3.8) is 0 Å². The molecule has 0 radical (unpaired) electrons. The zero-order chi connectivity index (χ0) is 21.8. The maximum Gasteiger partial charge on any atom is 0.338 e. The van der Waals surface area contributed by atoms with Crippen LogP contribution in [0.15, 0.2) is 30.3 Å². The molecule has 2 aliphatic heterocycles. The lowest BCUT2D eigenvalue weighted by Crippen LogP contribution is -2.63. The number of esters is 1. The topological polar surface area (TPSA) is 175 Å². The third kappa shape index (κ3) is 4.80. The Balaban J connectivity index is 1.71. The van der Waals surface area contributed by atoms with Crippen molar-refractivity contribution in [2.24, 2.45) is 0 Å². The molecular formula is C19H26O11. The SMILES string of the molecule is O=C(O[C@H]1[C@H](O)[C@H](O[C@H]2CO[C@H](CO)[C@@H](O)[C@H]2O)O[C@@H](CO)[C@H]1O)c1ccccc1. The Morgan fingerprint density at radius 1 is 0.933 bits per heavy atom. The van der Waals surface area contributed by atoms with E-state index in [2.05, 4.69) is 0 Å². The average Bonchev–Trinajstić information content (AvgIpc) is 2.76. The molecule has 2 saturated heterocycles. The van der Waals surface area contributed by atoms with Gasteiger partial charge in [0.25, 0.3) is 0 Å². The Morgan fingerprint density at radius 3 is 2.23 bits per heavy atom. The highest BCUT2D eigenvalue weighted by Gasteiger charge is 2.49. The Bertz CT molecular complexity index is 686. The average molecular weight is 430 g/mol. The fraction of sp³-hybridized carbons (Fsp3) is 0.632. The molecule has 0 amide bonds. The lowest BCUT2D eigenvalue weighted by Gasteiger charge is -2.44. The van der Waals surface area contributed by atoms with Gasteiger partial charge in [-0.1, -0.05) is 18.2 Å². The molecule has 0 bridgehead atoms. The van der Waals surface area contributed by atoms with E-state index in [0.717, 1.165) is 0 Å². The molecule has 2 aliphatic rings. The van der Waals surface area contributed by atoms with E-state index in [0.29, 0.717) is 0 Å². The van der Waals surface area contributed by atoms with Gasteiger partial charge in [-0.25, -0.2) is 4.79 Å². The van der Waals surface area contributed by atoms with Gasteiger partial charge in [-0.15, -0.1) is 0 Å². The van der Waals surface area contributed by atoms with Crippen molar-refractivity contribution in [2.75, 3.05) is 19.8 Å². The molecule has 2 fully saturated rings. The van der Waals surface area contributed by atoms with Crippen LogP contribution in [0.4, 0.5) is 0 Å². The summed E-state index contributed by atoms with van der Waals surface area (Å²) in [6.07, 6.45) is -12.5. The fourth-order valence-electron chi connectivity index (χ4n) is 3.38. The Hall–Kier alpha value is -1.67. The Kier molecular flexibility index (Phi) is 7.74. The number of rotatable bonds is 6. The molecule has 2 heterocycles. The summed E-state index contributed by atoms with van der Waals surface area (Å²) in [7, 11) is 0. The number of hydrogen-bond donors (Lipinski definition) is 6. The van der Waals surface area contributed by atoms with E-state index in [1.807, 2.05) is 0 Å². The van der Waals surface area contributed by atoms with Gasteiger partial charge in [-0.3, -0.25) is 0 Å². The predicted octanol–water partition coefficient (Wildman–Crippen LogP) is -2.85. The van der Waals surface area contributed by atoms with Crippen LogP contribution >= 0.6 is 0 Å². The summed E-state index contributed by atoms with van der Waals surface area (Å²) in [6.45, 7) is -1.40. The van der Waals surface area contributed by atoms with Crippen molar-refractivity contribution >= 4 is 5.97 Å². The highest BCUT2D eigenvalue weighted by molar-refractivity contribution is 5.89. The number of aliphatic hydroxyl groups is 6. The van der Waals surface area contributed by atoms with Gasteiger partial charge >= 0.3 is 5.97 Å². The minimum atomic E-state index is -1.67. The van der Waals surface area contributed by atoms with Crippen LogP contribution in [0.1, 0.15) is 10.4 Å². The number of ether oxygens (including phenoxy) is 4. The van der Waals surface area contributed by atoms with Crippen LogP contribution < -0.4 is 0 Å². The molecule has 30 heavy (non-hydrogen) atoms. The number of carbonyl (C=O) groups excluding carboxylic acids is 1. The Labute approximate surface area is 172 Å². The summed E-state index contributed by atoms with van der Waals surface area (Å²) < 4.78 is 21.3. The van der Waals surface area contributed by atoms with Gasteiger partial charge < -0.3 is 49.6 Å². The van der Waals surface area contributed by atoms with Crippen LogP contribution in [0.25, 0.3) is 0 Å². The van der Waals surface area contributed by atoms with Crippen molar-refractivity contribution in [2.45, 2.75) is 55.1 Å². The highest BCUT2D eigenvalue weighted by atomic mass is 16.7. The van der Waals surface area contributed by atoms with E-state index < -0.39 is 74.3 Å². The van der Waals surface area contributed by atoms with Crippen LogP contribution in [0.3, 0.4) is 0 Å². The third-order valence-electron chi connectivity index (χ3n) is 5.15. The van der Waals surface area contributed by atoms with Crippen molar-refractivity contribution in [3.8, 4) is 0 Å². The van der Waals surface area contributed by atoms with Crippen LogP contribution in [-0.4, -0.2) is 112 Å². The molecule has 0 saturated carbocycles. The first-order chi connectivity index (χ1) is 14.4. The molecular weight excluding hydrogens is 404 g/mol. The standard InChI is InChI=1S/C19H26O11/c20-6-10-13(22)14(23)12(8-27-10)29-19-16(25)17(15(24)11(7-21)28-19)30-18(26)9-4-2-1-3-5-9/h1-5,10-17,19-25H,6-8H2/t10-,11+,12+,13-,14+,15-,16+,17-,19+/m1/s1. The first-order valence-electron chi connectivity index (χ1n) is 9.50. The summed E-state index contributed by atoms with van der Waals surface area (Å²) in [4.78, 5) is 12.4. The van der Waals surface area contributed by atoms with Crippen LogP contribution in [0.2, 0.25) is 0 Å². The van der Waals surface area contributed by atoms with Gasteiger partial charge in [0, 0.05) is 0 Å². The monoisotopic (exact) mass is 430 g/mol. The Morgan fingerprint density at radius 2 is 1.60 bits per heavy atom. The van der Waals surface area contributed by atoms with Gasteiger partial charge in [0.1, 0.15) is 42.7 Å². The second-order valence-corrected chi connectivity index (χ2v) is 7.15. The molecule has 1 aromatic rings. The first kappa shape index (κ1) is 23.0. The molecule has 0 unspecified atom stereocenters. The van der Waals surface area contributed by atoms with E-state index in [-0.39, 0.29) is 12.2 Å². The minimum absolute atomic E-state index is 0.190. The minimum Gasteiger partial charge on any atom is -0.453 e. The number of benzene rings is 1. The van der Waals surface area contributed by atoms with Crippen molar-refractivity contribution in [1.29, 1.82) is 0 Å². The van der Waals surface area contributed by atoms with E-state index >= 15 is 0 Å². The van der Waals surface area contributed by atoms with Crippen LogP contribution in [-0.2, 0) is 18.9 Å². The molecule has 0 aromatic heterocycles. The summed E-state index contributed by atoms with van der Waals surface area (Å²) in [5.41, 5.74) is 0.190. The fourth-order valence-corrected chi connectivity index (χ4v) is 3.38. The summed E-state index contributed by atoms with van der Waals surface area (Å²) in [6, 6.07) is 7.92. The van der Waals surface area contributed by atoms with Gasteiger partial charge in [0.15, 0.2) is 12.4 Å². The van der Waals surface area contributed by atoms with Gasteiger partial charge in [-0.2, -0.15) is 0 Å². The molecule has 11 nitrogen and oxygen atoms in total. The lowest BCUT2D eigenvalue weighted by atomic mass is 9.97. The van der Waals surface area contributed by atoms with Crippen LogP contribution in [0, 0.1) is 0 Å². The smallest absolute Gasteiger partial charge is 0.338 e. The van der Waals surface area contributed by atoms with Gasteiger partial charge in [0.05, 0.1) is 25.4 Å². The number of aliphatic hydroxyl groups excluding tert-OH is 6. The summed E-state index contributed by atoms with van der Waals surface area (Å²) in [5, 5.41) is 59.8. The maximum absolute atomic E-state index is 12.4. The molecule has 11 heteroatoms. The molecule has 9 atom stereocenters. The number of carbonyl (C=O) groups is 1. The number of hydrogen-bond acceptors (Lipinski definition) is 11. The first-order valence-corrected chi connectivity index (χ1v) is 9.50. The maximum atomic E-state index is 12.4. The molecule has 168 valence electrons. The molecule has 3 rings (SSSR count). The highest BCUT2D eigenvalue weighted by Crippen LogP contribution is 2.28. The molecule has 0 aliphatic carbocycles. The predicted molar refractivity (Wildman–Crippen MR) is 97.1 cm³/mol. The quantitative estimate of drug-likeness (QED) is 0.256. The molecule has 1 aromatic carbocycles. The van der Waals surface area contributed by atoms with E-state index in [9.17, 15) is 30.3 Å². The summed E-state index contributed by atoms with van der Waals surface area (Å²) >= 11 is 0. The zero-order valence-electron chi connectivity index (χ0n) is 15.9. The zero-order valence-corrected chi connectivity index (χ0v) is 15.9. The normalized spacial score (nSPS) is 39.5. The molecule has 6 N–H and O–H groups in total.